The molecule has 0 saturated carbocycles. The third-order valence-corrected chi connectivity index (χ3v) is 3.80. The number of hydrogen-bond donors (Lipinski definition) is 2. The van der Waals surface area contributed by atoms with Gasteiger partial charge in [0.2, 0.25) is 17.7 Å². The van der Waals surface area contributed by atoms with Crippen LogP contribution in [0.5, 0.6) is 0 Å². The van der Waals surface area contributed by atoms with Crippen molar-refractivity contribution in [3.05, 3.63) is 30.4 Å². The number of carbonyl (C=O) groups excluding carboxylic acids is 2. The molecule has 0 saturated heterocycles. The van der Waals surface area contributed by atoms with E-state index in [9.17, 15) is 9.59 Å². The first-order valence-electron chi connectivity index (χ1n) is 9.34. The number of methoxy groups -OCH3 is 1. The Bertz CT molecular complexity index is 1050. The summed E-state index contributed by atoms with van der Waals surface area (Å²) in [6.45, 7) is 5.62. The molecule has 0 aliphatic heterocycles. The summed E-state index contributed by atoms with van der Waals surface area (Å²) in [7, 11) is 1.24. The summed E-state index contributed by atoms with van der Waals surface area (Å²) in [6, 6.07) is -0.563. The van der Waals surface area contributed by atoms with E-state index in [4.69, 9.17) is 23.7 Å². The average Bonchev–Trinajstić information content (AvgIpc) is 3.45. The SMILES string of the molecule is COC(=O)c1coc(-c2coc(-c3coc(C(N)CCNC(=O)OC(C)(C)C)n3)n2)n1. The Balaban J connectivity index is 1.59. The zero-order valence-electron chi connectivity index (χ0n) is 17.5. The summed E-state index contributed by atoms with van der Waals surface area (Å²) >= 11 is 0. The summed E-state index contributed by atoms with van der Waals surface area (Å²) in [5, 5.41) is 2.62. The number of aromatic nitrogens is 3. The Morgan fingerprint density at radius 3 is 2.42 bits per heavy atom. The molecule has 3 N–H and O–H groups in total. The molecule has 0 fully saturated rings. The second kappa shape index (κ2) is 9.00. The van der Waals surface area contributed by atoms with Gasteiger partial charge in [0, 0.05) is 6.54 Å². The van der Waals surface area contributed by atoms with Crippen LogP contribution < -0.4 is 11.1 Å². The minimum absolute atomic E-state index is 0.0109. The Hall–Kier alpha value is -3.67. The van der Waals surface area contributed by atoms with E-state index in [1.807, 2.05) is 0 Å². The van der Waals surface area contributed by atoms with Crippen molar-refractivity contribution in [3.63, 3.8) is 0 Å². The van der Waals surface area contributed by atoms with Gasteiger partial charge in [0.15, 0.2) is 17.1 Å². The number of nitrogens with two attached hydrogens (primary N) is 1. The molecule has 3 aromatic rings. The van der Waals surface area contributed by atoms with Crippen LogP contribution in [0.15, 0.2) is 32.0 Å². The van der Waals surface area contributed by atoms with E-state index in [2.05, 4.69) is 25.0 Å². The van der Waals surface area contributed by atoms with Gasteiger partial charge in [0.05, 0.1) is 13.2 Å². The second-order valence-electron chi connectivity index (χ2n) is 7.46. The number of carbonyl (C=O) groups is 2. The molecule has 166 valence electrons. The van der Waals surface area contributed by atoms with Crippen LogP contribution in [-0.2, 0) is 9.47 Å². The van der Waals surface area contributed by atoms with Crippen molar-refractivity contribution in [1.29, 1.82) is 0 Å². The fourth-order valence-electron chi connectivity index (χ4n) is 2.40. The number of nitrogens with zero attached hydrogens (tertiary/aromatic N) is 3. The van der Waals surface area contributed by atoms with Gasteiger partial charge in [-0.25, -0.2) is 24.5 Å². The molecular weight excluding hydrogens is 410 g/mol. The standard InChI is InChI=1S/C19H23N5O7/c1-19(2,3)31-18(26)21-6-5-10(20)14-22-11(7-28-14)15-23-12(8-29-15)16-24-13(9-30-16)17(25)27-4/h7-10H,5-6,20H2,1-4H3,(H,21,26). The summed E-state index contributed by atoms with van der Waals surface area (Å²) in [5.41, 5.74) is 6.09. The Labute approximate surface area is 177 Å². The first-order chi connectivity index (χ1) is 14.7. The van der Waals surface area contributed by atoms with Crippen molar-refractivity contribution in [1.82, 2.24) is 20.3 Å². The lowest BCUT2D eigenvalue weighted by molar-refractivity contribution is 0.0524. The van der Waals surface area contributed by atoms with Gasteiger partial charge >= 0.3 is 12.1 Å². The maximum atomic E-state index is 11.7. The smallest absolute Gasteiger partial charge is 0.407 e. The quantitative estimate of drug-likeness (QED) is 0.525. The molecule has 0 aliphatic carbocycles. The number of alkyl carbamates (subject to hydrolysis) is 1. The first kappa shape index (κ1) is 22.0. The highest BCUT2D eigenvalue weighted by Gasteiger charge is 2.21. The van der Waals surface area contributed by atoms with Crippen LogP contribution in [0.25, 0.3) is 23.2 Å². The highest BCUT2D eigenvalue weighted by Crippen LogP contribution is 2.25. The number of hydrogen-bond acceptors (Lipinski definition) is 11. The Morgan fingerprint density at radius 2 is 1.71 bits per heavy atom. The molecule has 31 heavy (non-hydrogen) atoms. The third kappa shape index (κ3) is 5.69. The van der Waals surface area contributed by atoms with E-state index in [-0.39, 0.29) is 35.6 Å². The molecule has 3 heterocycles. The highest BCUT2D eigenvalue weighted by molar-refractivity contribution is 5.87. The summed E-state index contributed by atoms with van der Waals surface area (Å²) in [4.78, 5) is 35.6. The van der Waals surface area contributed by atoms with Crippen LogP contribution in [0, 0.1) is 0 Å². The number of nitrogens with one attached hydrogen (secondary N) is 1. The lowest BCUT2D eigenvalue weighted by Gasteiger charge is -2.19. The van der Waals surface area contributed by atoms with E-state index in [1.54, 1.807) is 20.8 Å². The molecule has 1 unspecified atom stereocenters. The van der Waals surface area contributed by atoms with E-state index in [0.717, 1.165) is 6.26 Å². The van der Waals surface area contributed by atoms with Crippen molar-refractivity contribution in [2.45, 2.75) is 38.8 Å². The summed E-state index contributed by atoms with van der Waals surface area (Å²) < 4.78 is 25.7. The molecule has 12 heteroatoms. The molecule has 1 amide bonds. The third-order valence-electron chi connectivity index (χ3n) is 3.80. The number of ether oxygens (including phenoxy) is 2. The zero-order valence-corrected chi connectivity index (χ0v) is 17.5. The fourth-order valence-corrected chi connectivity index (χ4v) is 2.40. The Morgan fingerprint density at radius 1 is 1.06 bits per heavy atom. The molecule has 3 aromatic heterocycles. The molecule has 0 aliphatic rings. The lowest BCUT2D eigenvalue weighted by atomic mass is 10.2. The number of oxazole rings is 3. The minimum Gasteiger partial charge on any atom is -0.464 e. The van der Waals surface area contributed by atoms with Gasteiger partial charge in [-0.15, -0.1) is 0 Å². The van der Waals surface area contributed by atoms with Crippen molar-refractivity contribution in [2.75, 3.05) is 13.7 Å². The number of rotatable bonds is 7. The maximum absolute atomic E-state index is 11.7. The highest BCUT2D eigenvalue weighted by atomic mass is 16.6. The van der Waals surface area contributed by atoms with Crippen LogP contribution in [0.2, 0.25) is 0 Å². The molecule has 12 nitrogen and oxygen atoms in total. The van der Waals surface area contributed by atoms with Gasteiger partial charge in [-0.2, -0.15) is 0 Å². The van der Waals surface area contributed by atoms with Crippen LogP contribution in [0.4, 0.5) is 4.79 Å². The fraction of sp³-hybridized carbons (Fsp3) is 0.421. The van der Waals surface area contributed by atoms with Crippen molar-refractivity contribution >= 4 is 12.1 Å². The van der Waals surface area contributed by atoms with E-state index in [0.29, 0.717) is 12.1 Å². The van der Waals surface area contributed by atoms with Crippen molar-refractivity contribution < 1.29 is 32.3 Å². The number of esters is 1. The van der Waals surface area contributed by atoms with Crippen LogP contribution in [0.1, 0.15) is 49.6 Å². The Kier molecular flexibility index (Phi) is 6.39. The average molecular weight is 433 g/mol. The molecule has 0 aromatic carbocycles. The maximum Gasteiger partial charge on any atom is 0.407 e. The molecule has 1 atom stereocenters. The normalized spacial score (nSPS) is 12.4. The predicted molar refractivity (Wildman–Crippen MR) is 105 cm³/mol. The van der Waals surface area contributed by atoms with Crippen molar-refractivity contribution in [3.8, 4) is 23.2 Å². The molecule has 0 spiro atoms. The van der Waals surface area contributed by atoms with Crippen LogP contribution in [0.3, 0.4) is 0 Å². The lowest BCUT2D eigenvalue weighted by Crippen LogP contribution is -2.34. The van der Waals surface area contributed by atoms with Crippen LogP contribution in [-0.4, -0.2) is 46.3 Å². The topological polar surface area (TPSA) is 169 Å². The zero-order chi connectivity index (χ0) is 22.6. The van der Waals surface area contributed by atoms with Crippen LogP contribution >= 0.6 is 0 Å². The van der Waals surface area contributed by atoms with Gasteiger partial charge in [-0.1, -0.05) is 0 Å². The monoisotopic (exact) mass is 433 g/mol. The summed E-state index contributed by atoms with van der Waals surface area (Å²) in [6.07, 6.45) is 3.67. The number of amides is 1. The van der Waals surface area contributed by atoms with E-state index < -0.39 is 23.7 Å². The molecular formula is C19H23N5O7. The predicted octanol–water partition coefficient (Wildman–Crippen LogP) is 2.69. The second-order valence-corrected chi connectivity index (χ2v) is 7.46. The van der Waals surface area contributed by atoms with E-state index in [1.165, 1.54) is 19.6 Å². The molecule has 0 bridgehead atoms. The van der Waals surface area contributed by atoms with E-state index >= 15 is 0 Å². The van der Waals surface area contributed by atoms with Gasteiger partial charge < -0.3 is 33.8 Å². The van der Waals surface area contributed by atoms with Gasteiger partial charge in [0.1, 0.15) is 24.4 Å². The molecule has 3 rings (SSSR count). The van der Waals surface area contributed by atoms with Crippen molar-refractivity contribution in [2.24, 2.45) is 5.73 Å². The largest absolute Gasteiger partial charge is 0.464 e. The molecule has 0 radical (unpaired) electrons. The first-order valence-corrected chi connectivity index (χ1v) is 9.34. The van der Waals surface area contributed by atoms with Gasteiger partial charge in [-0.05, 0) is 27.2 Å². The van der Waals surface area contributed by atoms with Gasteiger partial charge in [-0.3, -0.25) is 0 Å². The summed E-state index contributed by atoms with van der Waals surface area (Å²) in [5.74, 6) is -0.134. The van der Waals surface area contributed by atoms with Gasteiger partial charge in [0.25, 0.3) is 0 Å². The minimum atomic E-state index is -0.630.